The molecule has 1 fully saturated rings. The van der Waals surface area contributed by atoms with Crippen molar-refractivity contribution < 1.29 is 0 Å². The lowest BCUT2D eigenvalue weighted by molar-refractivity contribution is 0.308. The number of hydrogen-bond acceptors (Lipinski definition) is 2. The Morgan fingerprint density at radius 1 is 1.20 bits per heavy atom. The van der Waals surface area contributed by atoms with Gasteiger partial charge in [-0.25, -0.2) is 0 Å². The summed E-state index contributed by atoms with van der Waals surface area (Å²) in [5, 5.41) is 0. The van der Waals surface area contributed by atoms with Crippen molar-refractivity contribution in [2.45, 2.75) is 58.4 Å². The number of rotatable bonds is 6. The Kier molecular flexibility index (Phi) is 5.90. The highest BCUT2D eigenvalue weighted by Gasteiger charge is 2.25. The summed E-state index contributed by atoms with van der Waals surface area (Å²) < 4.78 is 0. The zero-order valence-electron chi connectivity index (χ0n) is 13.1. The highest BCUT2D eigenvalue weighted by atomic mass is 15.2. The molecule has 0 amide bonds. The highest BCUT2D eigenvalue weighted by Crippen LogP contribution is 2.32. The Morgan fingerprint density at radius 2 is 1.95 bits per heavy atom. The molecule has 0 radical (unpaired) electrons. The Balaban J connectivity index is 2.07. The Bertz CT molecular complexity index is 394. The summed E-state index contributed by atoms with van der Waals surface area (Å²) in [5.74, 6) is 0.958. The van der Waals surface area contributed by atoms with Gasteiger partial charge in [0.1, 0.15) is 0 Å². The highest BCUT2D eigenvalue weighted by molar-refractivity contribution is 5.49. The van der Waals surface area contributed by atoms with Gasteiger partial charge in [-0.05, 0) is 69.2 Å². The van der Waals surface area contributed by atoms with Crippen molar-refractivity contribution in [3.05, 3.63) is 29.8 Å². The molecule has 0 heterocycles. The number of anilines is 1. The number of aryl methyl sites for hydroxylation is 1. The predicted octanol–water partition coefficient (Wildman–Crippen LogP) is 4.12. The number of hydrogen-bond donors (Lipinski definition) is 1. The van der Waals surface area contributed by atoms with E-state index in [9.17, 15) is 0 Å². The molecule has 1 saturated carbocycles. The van der Waals surface area contributed by atoms with Crippen molar-refractivity contribution in [2.24, 2.45) is 11.7 Å². The van der Waals surface area contributed by atoms with Crippen molar-refractivity contribution in [3.63, 3.8) is 0 Å². The van der Waals surface area contributed by atoms with Gasteiger partial charge in [-0.3, -0.25) is 0 Å². The van der Waals surface area contributed by atoms with Gasteiger partial charge in [0.05, 0.1) is 0 Å². The van der Waals surface area contributed by atoms with E-state index < -0.39 is 0 Å². The van der Waals surface area contributed by atoms with Crippen LogP contribution >= 0.6 is 0 Å². The van der Waals surface area contributed by atoms with Crippen molar-refractivity contribution in [3.8, 4) is 0 Å². The van der Waals surface area contributed by atoms with Crippen LogP contribution in [0.1, 0.15) is 51.0 Å². The Hall–Kier alpha value is -1.02. The molecule has 0 bridgehead atoms. The maximum absolute atomic E-state index is 5.73. The van der Waals surface area contributed by atoms with E-state index in [0.717, 1.165) is 25.4 Å². The third-order valence-electron chi connectivity index (χ3n) is 4.77. The van der Waals surface area contributed by atoms with E-state index in [1.54, 1.807) is 0 Å². The fraction of sp³-hybridized carbons (Fsp3) is 0.667. The monoisotopic (exact) mass is 274 g/mol. The summed E-state index contributed by atoms with van der Waals surface area (Å²) in [6.45, 7) is 6.39. The van der Waals surface area contributed by atoms with Gasteiger partial charge in [0.15, 0.2) is 0 Å². The molecule has 2 heteroatoms. The van der Waals surface area contributed by atoms with E-state index in [-0.39, 0.29) is 0 Å². The minimum absolute atomic E-state index is 0.714. The largest absolute Gasteiger partial charge is 0.368 e. The molecule has 1 aromatic carbocycles. The van der Waals surface area contributed by atoms with Crippen molar-refractivity contribution in [1.29, 1.82) is 0 Å². The van der Waals surface area contributed by atoms with Crippen LogP contribution in [0.25, 0.3) is 0 Å². The van der Waals surface area contributed by atoms with Crippen LogP contribution in [0.5, 0.6) is 0 Å². The average Bonchev–Trinajstić information content (AvgIpc) is 2.48. The summed E-state index contributed by atoms with van der Waals surface area (Å²) >= 11 is 0. The van der Waals surface area contributed by atoms with Gasteiger partial charge < -0.3 is 10.6 Å². The van der Waals surface area contributed by atoms with Gasteiger partial charge in [0, 0.05) is 18.3 Å². The fourth-order valence-electron chi connectivity index (χ4n) is 3.46. The van der Waals surface area contributed by atoms with Crippen LogP contribution in [0.15, 0.2) is 24.3 Å². The first-order chi connectivity index (χ1) is 9.74. The van der Waals surface area contributed by atoms with Crippen LogP contribution < -0.4 is 10.6 Å². The molecule has 0 unspecified atom stereocenters. The normalized spacial score (nSPS) is 22.8. The third-order valence-corrected chi connectivity index (χ3v) is 4.77. The number of nitrogens with two attached hydrogens (primary N) is 1. The zero-order valence-corrected chi connectivity index (χ0v) is 13.1. The van der Waals surface area contributed by atoms with Gasteiger partial charge in [-0.1, -0.05) is 25.5 Å². The zero-order chi connectivity index (χ0) is 14.4. The molecular weight excluding hydrogens is 244 g/mol. The molecule has 112 valence electrons. The fourth-order valence-corrected chi connectivity index (χ4v) is 3.46. The summed E-state index contributed by atoms with van der Waals surface area (Å²) in [5.41, 5.74) is 8.47. The Morgan fingerprint density at radius 3 is 2.55 bits per heavy atom. The number of nitrogens with zero attached hydrogens (tertiary/aromatic N) is 1. The van der Waals surface area contributed by atoms with Crippen molar-refractivity contribution in [1.82, 2.24) is 0 Å². The summed E-state index contributed by atoms with van der Waals surface area (Å²) in [7, 11) is 0. The molecule has 0 spiro atoms. The molecule has 0 aromatic heterocycles. The van der Waals surface area contributed by atoms with E-state index in [1.165, 1.54) is 43.4 Å². The smallest absolute Gasteiger partial charge is 0.0371 e. The molecule has 2 rings (SSSR count). The maximum Gasteiger partial charge on any atom is 0.0371 e. The van der Waals surface area contributed by atoms with Gasteiger partial charge in [0.2, 0.25) is 0 Å². The van der Waals surface area contributed by atoms with E-state index in [2.05, 4.69) is 43.0 Å². The van der Waals surface area contributed by atoms with E-state index >= 15 is 0 Å². The quantitative estimate of drug-likeness (QED) is 0.845. The molecule has 1 aliphatic carbocycles. The topological polar surface area (TPSA) is 29.3 Å². The molecule has 0 saturated heterocycles. The second-order valence-electron chi connectivity index (χ2n) is 6.26. The van der Waals surface area contributed by atoms with Gasteiger partial charge in [0.25, 0.3) is 0 Å². The summed E-state index contributed by atoms with van der Waals surface area (Å²) in [4.78, 5) is 2.62. The van der Waals surface area contributed by atoms with E-state index in [0.29, 0.717) is 6.04 Å². The van der Waals surface area contributed by atoms with E-state index in [1.807, 2.05) is 0 Å². The van der Waals surface area contributed by atoms with Crippen LogP contribution in [-0.4, -0.2) is 19.1 Å². The van der Waals surface area contributed by atoms with Gasteiger partial charge in [-0.2, -0.15) is 0 Å². The summed E-state index contributed by atoms with van der Waals surface area (Å²) in [6, 6.07) is 9.65. The molecule has 1 aromatic rings. The average molecular weight is 274 g/mol. The lowest BCUT2D eigenvalue weighted by atomic mass is 9.83. The van der Waals surface area contributed by atoms with Crippen LogP contribution in [0.2, 0.25) is 0 Å². The molecule has 2 N–H and O–H groups in total. The second kappa shape index (κ2) is 7.68. The first-order valence-corrected chi connectivity index (χ1v) is 8.28. The van der Waals surface area contributed by atoms with Crippen LogP contribution in [0, 0.1) is 12.8 Å². The van der Waals surface area contributed by atoms with Crippen LogP contribution in [0.4, 0.5) is 5.69 Å². The summed E-state index contributed by atoms with van der Waals surface area (Å²) in [6.07, 6.45) is 7.91. The SMILES string of the molecule is CCC1CCC(N(CCCN)c2cccc(C)c2)CC1. The molecule has 0 atom stereocenters. The van der Waals surface area contributed by atoms with Gasteiger partial charge >= 0.3 is 0 Å². The standard InChI is InChI=1S/C18H30N2/c1-3-16-8-10-17(11-9-16)20(13-5-12-19)18-7-4-6-15(2)14-18/h4,6-7,14,16-17H,3,5,8-13,19H2,1-2H3. The third kappa shape index (κ3) is 3.99. The lowest BCUT2D eigenvalue weighted by Gasteiger charge is -2.38. The first kappa shape index (κ1) is 15.4. The van der Waals surface area contributed by atoms with Crippen molar-refractivity contribution in [2.75, 3.05) is 18.0 Å². The van der Waals surface area contributed by atoms with Crippen LogP contribution in [-0.2, 0) is 0 Å². The second-order valence-corrected chi connectivity index (χ2v) is 6.26. The minimum atomic E-state index is 0.714. The maximum atomic E-state index is 5.73. The van der Waals surface area contributed by atoms with Gasteiger partial charge in [-0.15, -0.1) is 0 Å². The molecule has 20 heavy (non-hydrogen) atoms. The molecule has 2 nitrogen and oxygen atoms in total. The van der Waals surface area contributed by atoms with Crippen LogP contribution in [0.3, 0.4) is 0 Å². The molecule has 0 aliphatic heterocycles. The number of benzene rings is 1. The molecular formula is C18H30N2. The predicted molar refractivity (Wildman–Crippen MR) is 88.2 cm³/mol. The van der Waals surface area contributed by atoms with E-state index in [4.69, 9.17) is 5.73 Å². The minimum Gasteiger partial charge on any atom is -0.368 e. The molecule has 1 aliphatic rings. The van der Waals surface area contributed by atoms with Crippen molar-refractivity contribution >= 4 is 5.69 Å². The Labute approximate surface area is 124 Å². The lowest BCUT2D eigenvalue weighted by Crippen LogP contribution is -2.39. The first-order valence-electron chi connectivity index (χ1n) is 8.28.